The summed E-state index contributed by atoms with van der Waals surface area (Å²) in [6, 6.07) is 20.9. The molecule has 4 aromatic rings. The van der Waals surface area contributed by atoms with E-state index in [9.17, 15) is 9.59 Å². The van der Waals surface area contributed by atoms with E-state index in [0.29, 0.717) is 28.1 Å². The molecule has 7 heteroatoms. The first-order valence-corrected chi connectivity index (χ1v) is 11.1. The van der Waals surface area contributed by atoms with Gasteiger partial charge in [-0.15, -0.1) is 0 Å². The molecule has 0 aliphatic heterocycles. The van der Waals surface area contributed by atoms with Crippen LogP contribution in [0.25, 0.3) is 11.0 Å². The molecule has 2 amide bonds. The van der Waals surface area contributed by atoms with Gasteiger partial charge in [0.25, 0.3) is 11.8 Å². The third-order valence-electron chi connectivity index (χ3n) is 5.89. The Balaban J connectivity index is 1.53. The van der Waals surface area contributed by atoms with Crippen LogP contribution in [-0.4, -0.2) is 32.6 Å². The van der Waals surface area contributed by atoms with Gasteiger partial charge in [-0.05, 0) is 56.5 Å². The average molecular weight is 440 g/mol. The molecule has 1 unspecified atom stereocenters. The van der Waals surface area contributed by atoms with Crippen molar-refractivity contribution in [2.45, 2.75) is 38.8 Å². The monoisotopic (exact) mass is 439 g/mol. The van der Waals surface area contributed by atoms with Crippen LogP contribution in [0.2, 0.25) is 0 Å². The molecule has 0 bridgehead atoms. The summed E-state index contributed by atoms with van der Waals surface area (Å²) in [5, 5.41) is 11.2. The fourth-order valence-electron chi connectivity index (χ4n) is 3.77. The van der Waals surface area contributed by atoms with E-state index >= 15 is 0 Å². The quantitative estimate of drug-likeness (QED) is 0.463. The van der Waals surface area contributed by atoms with Gasteiger partial charge in [0, 0.05) is 11.6 Å². The lowest BCUT2D eigenvalue weighted by molar-refractivity contribution is 0.0945. The first kappa shape index (κ1) is 20.9. The summed E-state index contributed by atoms with van der Waals surface area (Å²) in [5.41, 5.74) is 3.59. The number of carbonyl (C=O) groups is 2. The lowest BCUT2D eigenvalue weighted by Crippen LogP contribution is -2.26. The maximum Gasteiger partial charge on any atom is 0.272 e. The fraction of sp³-hybridized carbons (Fsp3) is 0.231. The Morgan fingerprint density at radius 3 is 2.39 bits per heavy atom. The number of rotatable bonds is 6. The van der Waals surface area contributed by atoms with E-state index in [2.05, 4.69) is 15.7 Å². The van der Waals surface area contributed by atoms with E-state index in [-0.39, 0.29) is 23.9 Å². The Labute approximate surface area is 191 Å². The highest BCUT2D eigenvalue weighted by molar-refractivity contribution is 6.06. The minimum absolute atomic E-state index is 0.147. The van der Waals surface area contributed by atoms with Gasteiger partial charge in [0.1, 0.15) is 5.82 Å². The van der Waals surface area contributed by atoms with Crippen LogP contribution in [0.15, 0.2) is 66.7 Å². The number of benzene rings is 2. The van der Waals surface area contributed by atoms with Crippen molar-refractivity contribution >= 4 is 28.7 Å². The largest absolute Gasteiger partial charge is 0.348 e. The minimum Gasteiger partial charge on any atom is -0.348 e. The summed E-state index contributed by atoms with van der Waals surface area (Å²) in [6.07, 6.45) is 2.00. The zero-order valence-corrected chi connectivity index (χ0v) is 18.6. The molecular formula is C26H25N5O2. The second kappa shape index (κ2) is 8.50. The standard InChI is InChI=1S/C26H25N5O2/c1-16-8-10-19(11-9-16)25(32)29-22-15-14-21-23(26(33)27-20-12-13-20)30-31(24(21)28-22)17(2)18-6-4-3-5-7-18/h3-11,14-15,17,20H,12-13H2,1-2H3,(H,27,33)(H,28,29,32). The molecule has 1 fully saturated rings. The van der Waals surface area contributed by atoms with E-state index in [1.165, 1.54) is 0 Å². The number of aryl methyl sites for hydroxylation is 1. The fourth-order valence-corrected chi connectivity index (χ4v) is 3.77. The molecule has 0 spiro atoms. The van der Waals surface area contributed by atoms with Crippen LogP contribution < -0.4 is 10.6 Å². The molecule has 2 heterocycles. The number of aromatic nitrogens is 3. The third kappa shape index (κ3) is 4.35. The number of hydrogen-bond donors (Lipinski definition) is 2. The number of fused-ring (bicyclic) bond motifs is 1. The van der Waals surface area contributed by atoms with Gasteiger partial charge in [-0.3, -0.25) is 9.59 Å². The normalized spacial score (nSPS) is 14.1. The molecule has 166 valence electrons. The van der Waals surface area contributed by atoms with Crippen LogP contribution in [0, 0.1) is 6.92 Å². The van der Waals surface area contributed by atoms with Crippen LogP contribution in [-0.2, 0) is 0 Å². The van der Waals surface area contributed by atoms with Gasteiger partial charge in [0.2, 0.25) is 0 Å². The molecule has 5 rings (SSSR count). The second-order valence-electron chi connectivity index (χ2n) is 8.52. The van der Waals surface area contributed by atoms with E-state index in [0.717, 1.165) is 24.0 Å². The van der Waals surface area contributed by atoms with Gasteiger partial charge in [-0.2, -0.15) is 5.10 Å². The zero-order chi connectivity index (χ0) is 22.9. The Bertz CT molecular complexity index is 1320. The molecule has 0 saturated heterocycles. The number of carbonyl (C=O) groups excluding carboxylic acids is 2. The van der Waals surface area contributed by atoms with Crippen molar-refractivity contribution in [1.29, 1.82) is 0 Å². The lowest BCUT2D eigenvalue weighted by Gasteiger charge is -2.14. The van der Waals surface area contributed by atoms with Gasteiger partial charge in [0.05, 0.1) is 11.4 Å². The molecule has 2 N–H and O–H groups in total. The van der Waals surface area contributed by atoms with E-state index in [1.807, 2.05) is 56.3 Å². The summed E-state index contributed by atoms with van der Waals surface area (Å²) in [7, 11) is 0. The number of anilines is 1. The van der Waals surface area contributed by atoms with Crippen LogP contribution in [0.4, 0.5) is 5.82 Å². The molecule has 1 aliphatic carbocycles. The first-order valence-electron chi connectivity index (χ1n) is 11.1. The smallest absolute Gasteiger partial charge is 0.272 e. The van der Waals surface area contributed by atoms with Crippen molar-refractivity contribution in [2.75, 3.05) is 5.32 Å². The second-order valence-corrected chi connectivity index (χ2v) is 8.52. The zero-order valence-electron chi connectivity index (χ0n) is 18.6. The lowest BCUT2D eigenvalue weighted by atomic mass is 10.1. The molecule has 33 heavy (non-hydrogen) atoms. The number of nitrogens with zero attached hydrogens (tertiary/aromatic N) is 3. The molecule has 2 aromatic heterocycles. The SMILES string of the molecule is Cc1ccc(C(=O)Nc2ccc3c(C(=O)NC4CC4)nn(C(C)c4ccccc4)c3n2)cc1. The number of hydrogen-bond acceptors (Lipinski definition) is 4. The van der Waals surface area contributed by atoms with Crippen molar-refractivity contribution in [1.82, 2.24) is 20.1 Å². The van der Waals surface area contributed by atoms with Crippen LogP contribution in [0.3, 0.4) is 0 Å². The number of amides is 2. The van der Waals surface area contributed by atoms with Gasteiger partial charge in [-0.25, -0.2) is 9.67 Å². The highest BCUT2D eigenvalue weighted by Crippen LogP contribution is 2.27. The van der Waals surface area contributed by atoms with Crippen molar-refractivity contribution in [3.05, 3.63) is 89.1 Å². The predicted molar refractivity (Wildman–Crippen MR) is 127 cm³/mol. The maximum absolute atomic E-state index is 12.9. The van der Waals surface area contributed by atoms with Gasteiger partial charge in [0.15, 0.2) is 11.3 Å². The summed E-state index contributed by atoms with van der Waals surface area (Å²) < 4.78 is 1.76. The van der Waals surface area contributed by atoms with Gasteiger partial charge < -0.3 is 10.6 Å². The maximum atomic E-state index is 12.9. The van der Waals surface area contributed by atoms with Gasteiger partial charge in [-0.1, -0.05) is 48.0 Å². The van der Waals surface area contributed by atoms with E-state index in [4.69, 9.17) is 4.98 Å². The van der Waals surface area contributed by atoms with E-state index in [1.54, 1.807) is 28.9 Å². The highest BCUT2D eigenvalue weighted by Gasteiger charge is 2.28. The molecule has 2 aromatic carbocycles. The van der Waals surface area contributed by atoms with Crippen LogP contribution in [0.5, 0.6) is 0 Å². The summed E-state index contributed by atoms with van der Waals surface area (Å²) in [6.45, 7) is 3.99. The Hall–Kier alpha value is -4.00. The molecule has 1 aliphatic rings. The van der Waals surface area contributed by atoms with Gasteiger partial charge >= 0.3 is 0 Å². The topological polar surface area (TPSA) is 88.9 Å². The minimum atomic E-state index is -0.240. The number of pyridine rings is 1. The van der Waals surface area contributed by atoms with E-state index < -0.39 is 0 Å². The predicted octanol–water partition coefficient (Wildman–Crippen LogP) is 4.49. The van der Waals surface area contributed by atoms with Crippen molar-refractivity contribution < 1.29 is 9.59 Å². The third-order valence-corrected chi connectivity index (χ3v) is 5.89. The molecule has 0 radical (unpaired) electrons. The molecule has 7 nitrogen and oxygen atoms in total. The average Bonchev–Trinajstić information content (AvgIpc) is 3.56. The highest BCUT2D eigenvalue weighted by atomic mass is 16.2. The number of nitrogens with one attached hydrogen (secondary N) is 2. The van der Waals surface area contributed by atoms with Crippen molar-refractivity contribution in [3.8, 4) is 0 Å². The Kier molecular flexibility index (Phi) is 5.38. The van der Waals surface area contributed by atoms with Crippen LogP contribution in [0.1, 0.15) is 57.8 Å². The van der Waals surface area contributed by atoms with Crippen molar-refractivity contribution in [2.24, 2.45) is 0 Å². The molecule has 1 saturated carbocycles. The molecule has 1 atom stereocenters. The summed E-state index contributed by atoms with van der Waals surface area (Å²) >= 11 is 0. The molecular weight excluding hydrogens is 414 g/mol. The summed E-state index contributed by atoms with van der Waals surface area (Å²) in [5.74, 6) is -0.0286. The van der Waals surface area contributed by atoms with Crippen LogP contribution >= 0.6 is 0 Å². The summed E-state index contributed by atoms with van der Waals surface area (Å²) in [4.78, 5) is 30.3. The Morgan fingerprint density at radius 1 is 0.970 bits per heavy atom. The van der Waals surface area contributed by atoms with Crippen molar-refractivity contribution in [3.63, 3.8) is 0 Å². The Morgan fingerprint density at radius 2 is 1.70 bits per heavy atom. The first-order chi connectivity index (χ1) is 16.0.